The third-order valence-corrected chi connectivity index (χ3v) is 3.14. The van der Waals surface area contributed by atoms with Crippen molar-refractivity contribution in [3.05, 3.63) is 15.6 Å². The topological polar surface area (TPSA) is 60.3 Å². The van der Waals surface area contributed by atoms with Gasteiger partial charge in [-0.2, -0.15) is 0 Å². The fourth-order valence-corrected chi connectivity index (χ4v) is 2.45. The predicted molar refractivity (Wildman–Crippen MR) is 63.3 cm³/mol. The molecule has 1 heterocycles. The van der Waals surface area contributed by atoms with Crippen LogP contribution in [0.15, 0.2) is 5.16 Å². The van der Waals surface area contributed by atoms with Gasteiger partial charge >= 0.3 is 0 Å². The first-order chi connectivity index (χ1) is 8.11. The largest absolute Gasteiger partial charge is 0.491 e. The van der Waals surface area contributed by atoms with Crippen molar-refractivity contribution in [2.45, 2.75) is 0 Å². The van der Waals surface area contributed by atoms with Gasteiger partial charge in [0.25, 0.3) is 0 Å². The summed E-state index contributed by atoms with van der Waals surface area (Å²) in [6, 6.07) is 0. The fourth-order valence-electron chi connectivity index (χ4n) is 1.45. The predicted octanol–water partition coefficient (Wildman–Crippen LogP) is 3.11. The first kappa shape index (κ1) is 12.4. The van der Waals surface area contributed by atoms with Gasteiger partial charge in [-0.25, -0.2) is 0 Å². The third kappa shape index (κ3) is 1.84. The van der Waals surface area contributed by atoms with E-state index in [1.165, 1.54) is 7.11 Å². The summed E-state index contributed by atoms with van der Waals surface area (Å²) in [5.74, 6) is 0.777. The second kappa shape index (κ2) is 4.68. The highest BCUT2D eigenvalue weighted by atomic mass is 35.5. The molecule has 0 aromatic heterocycles. The Morgan fingerprint density at radius 2 is 1.94 bits per heavy atom. The zero-order valence-electron chi connectivity index (χ0n) is 8.46. The molecule has 92 valence electrons. The molecule has 1 N–H and O–H groups in total. The minimum atomic E-state index is -0.267. The Morgan fingerprint density at radius 1 is 1.29 bits per heavy atom. The van der Waals surface area contributed by atoms with Gasteiger partial charge in [0.2, 0.25) is 12.5 Å². The summed E-state index contributed by atoms with van der Waals surface area (Å²) in [5, 5.41) is 11.4. The summed E-state index contributed by atoms with van der Waals surface area (Å²) in [6.07, 6.45) is 0. The van der Waals surface area contributed by atoms with Crippen molar-refractivity contribution >= 4 is 40.0 Å². The van der Waals surface area contributed by atoms with Crippen LogP contribution in [-0.4, -0.2) is 24.3 Å². The molecule has 0 spiro atoms. The van der Waals surface area contributed by atoms with Crippen molar-refractivity contribution in [2.24, 2.45) is 5.16 Å². The molecule has 8 heteroatoms. The number of fused-ring (bicyclic) bond motifs is 1. The van der Waals surface area contributed by atoms with Crippen LogP contribution in [-0.2, 0) is 0 Å². The fraction of sp³-hybridized carbons (Fsp3) is 0.222. The minimum Gasteiger partial charge on any atom is -0.491 e. The second-order valence-electron chi connectivity index (χ2n) is 2.99. The van der Waals surface area contributed by atoms with E-state index < -0.39 is 0 Å². The van der Waals surface area contributed by atoms with Crippen LogP contribution in [0.2, 0.25) is 10.0 Å². The average molecular weight is 299 g/mol. The molecule has 5 nitrogen and oxygen atoms in total. The first-order valence-corrected chi connectivity index (χ1v) is 5.47. The molecule has 0 bridgehead atoms. The number of ether oxygens (including phenoxy) is 3. The van der Waals surface area contributed by atoms with Crippen LogP contribution in [0.4, 0.5) is 0 Å². The van der Waals surface area contributed by atoms with Gasteiger partial charge in [0.15, 0.2) is 16.7 Å². The molecule has 1 aliphatic rings. The highest BCUT2D eigenvalue weighted by molar-refractivity contribution is 6.71. The SMILES string of the molecule is COc1c(Cl)c(C(Cl)=NO)c(Cl)c2c1OCO2. The molecule has 1 aliphatic heterocycles. The molecule has 0 saturated carbocycles. The normalized spacial score (nSPS) is 14.0. The zero-order chi connectivity index (χ0) is 12.6. The summed E-state index contributed by atoms with van der Waals surface area (Å²) in [4.78, 5) is 0. The zero-order valence-corrected chi connectivity index (χ0v) is 10.7. The van der Waals surface area contributed by atoms with Crippen molar-refractivity contribution in [2.75, 3.05) is 13.9 Å². The van der Waals surface area contributed by atoms with Gasteiger partial charge in [-0.3, -0.25) is 0 Å². The van der Waals surface area contributed by atoms with Crippen molar-refractivity contribution < 1.29 is 19.4 Å². The summed E-state index contributed by atoms with van der Waals surface area (Å²) < 4.78 is 15.5. The van der Waals surface area contributed by atoms with Crippen LogP contribution in [0.1, 0.15) is 5.56 Å². The van der Waals surface area contributed by atoms with E-state index in [1.54, 1.807) is 0 Å². The Bertz CT molecular complexity index is 504. The van der Waals surface area contributed by atoms with Crippen LogP contribution >= 0.6 is 34.8 Å². The maximum Gasteiger partial charge on any atom is 0.231 e. The average Bonchev–Trinajstić information content (AvgIpc) is 2.78. The second-order valence-corrected chi connectivity index (χ2v) is 4.11. The van der Waals surface area contributed by atoms with E-state index in [-0.39, 0.29) is 39.1 Å². The van der Waals surface area contributed by atoms with E-state index in [9.17, 15) is 0 Å². The van der Waals surface area contributed by atoms with Crippen molar-refractivity contribution in [1.29, 1.82) is 0 Å². The molecule has 1 aromatic rings. The number of halogens is 3. The lowest BCUT2D eigenvalue weighted by Gasteiger charge is -2.12. The van der Waals surface area contributed by atoms with Gasteiger partial charge in [0.05, 0.1) is 22.7 Å². The number of hydrogen-bond acceptors (Lipinski definition) is 5. The molecule has 1 aromatic carbocycles. The molecular weight excluding hydrogens is 292 g/mol. The van der Waals surface area contributed by atoms with Crippen molar-refractivity contribution in [3.63, 3.8) is 0 Å². The smallest absolute Gasteiger partial charge is 0.231 e. The minimum absolute atomic E-state index is 0.000910. The molecular formula is C9H6Cl3NO4. The lowest BCUT2D eigenvalue weighted by atomic mass is 10.2. The third-order valence-electron chi connectivity index (χ3n) is 2.15. The van der Waals surface area contributed by atoms with Gasteiger partial charge in [-0.05, 0) is 0 Å². The summed E-state index contributed by atoms with van der Waals surface area (Å²) in [7, 11) is 1.41. The molecule has 0 radical (unpaired) electrons. The number of methoxy groups -OCH3 is 1. The van der Waals surface area contributed by atoms with E-state index in [1.807, 2.05) is 0 Å². The summed E-state index contributed by atoms with van der Waals surface area (Å²) >= 11 is 17.8. The summed E-state index contributed by atoms with van der Waals surface area (Å²) in [5.41, 5.74) is 0.124. The monoisotopic (exact) mass is 297 g/mol. The number of rotatable bonds is 2. The Hall–Kier alpha value is -1.04. The lowest BCUT2D eigenvalue weighted by Crippen LogP contribution is -1.98. The van der Waals surface area contributed by atoms with Crippen LogP contribution in [0.25, 0.3) is 0 Å². The molecule has 0 aliphatic carbocycles. The highest BCUT2D eigenvalue weighted by Gasteiger charge is 2.30. The first-order valence-electron chi connectivity index (χ1n) is 4.34. The number of oxime groups is 1. The molecule has 0 fully saturated rings. The van der Waals surface area contributed by atoms with Crippen LogP contribution < -0.4 is 14.2 Å². The Labute approximate surface area is 111 Å². The molecule has 2 rings (SSSR count). The molecule has 0 saturated heterocycles. The van der Waals surface area contributed by atoms with Gasteiger partial charge in [0, 0.05) is 0 Å². The maximum atomic E-state index is 8.68. The van der Waals surface area contributed by atoms with Gasteiger partial charge in [-0.15, -0.1) is 0 Å². The Kier molecular flexibility index (Phi) is 3.42. The maximum absolute atomic E-state index is 8.68. The van der Waals surface area contributed by atoms with Crippen molar-refractivity contribution in [1.82, 2.24) is 0 Å². The van der Waals surface area contributed by atoms with E-state index in [0.29, 0.717) is 5.75 Å². The van der Waals surface area contributed by atoms with Crippen molar-refractivity contribution in [3.8, 4) is 17.2 Å². The molecule has 0 unspecified atom stereocenters. The van der Waals surface area contributed by atoms with E-state index >= 15 is 0 Å². The summed E-state index contributed by atoms with van der Waals surface area (Å²) in [6.45, 7) is -0.000910. The lowest BCUT2D eigenvalue weighted by molar-refractivity contribution is 0.171. The Balaban J connectivity index is 2.77. The van der Waals surface area contributed by atoms with Crippen LogP contribution in [0.3, 0.4) is 0 Å². The van der Waals surface area contributed by atoms with E-state index in [4.69, 9.17) is 54.2 Å². The number of benzene rings is 1. The quantitative estimate of drug-likeness (QED) is 0.518. The van der Waals surface area contributed by atoms with Crippen LogP contribution in [0, 0.1) is 0 Å². The number of hydrogen-bond donors (Lipinski definition) is 1. The molecule has 0 atom stereocenters. The van der Waals surface area contributed by atoms with Gasteiger partial charge < -0.3 is 19.4 Å². The standard InChI is InChI=1S/C9H6Cl3NO4/c1-15-6-4(10)3(9(12)13-14)5(11)7-8(6)17-2-16-7/h14H,2H2,1H3. The van der Waals surface area contributed by atoms with Gasteiger partial charge in [-0.1, -0.05) is 40.0 Å². The molecule has 17 heavy (non-hydrogen) atoms. The van der Waals surface area contributed by atoms with E-state index in [2.05, 4.69) is 5.16 Å². The van der Waals surface area contributed by atoms with E-state index in [0.717, 1.165) is 0 Å². The number of nitrogens with zero attached hydrogens (tertiary/aromatic N) is 1. The highest BCUT2D eigenvalue weighted by Crippen LogP contribution is 2.52. The molecule has 0 amide bonds. The Morgan fingerprint density at radius 3 is 2.53 bits per heavy atom. The van der Waals surface area contributed by atoms with Gasteiger partial charge in [0.1, 0.15) is 0 Å². The van der Waals surface area contributed by atoms with Crippen LogP contribution in [0.5, 0.6) is 17.2 Å².